The van der Waals surface area contributed by atoms with Crippen molar-refractivity contribution in [3.63, 3.8) is 0 Å². The van der Waals surface area contributed by atoms with Crippen LogP contribution < -0.4 is 20.2 Å². The van der Waals surface area contributed by atoms with Gasteiger partial charge >= 0.3 is 187 Å². The van der Waals surface area contributed by atoms with Gasteiger partial charge in [0.05, 0.1) is 0 Å². The van der Waals surface area contributed by atoms with Gasteiger partial charge in [-0.3, -0.25) is 0 Å². The van der Waals surface area contributed by atoms with E-state index in [9.17, 15) is 0 Å². The maximum absolute atomic E-state index is 8.56. The van der Waals surface area contributed by atoms with Gasteiger partial charge in [-0.25, -0.2) is 0 Å². The largest absolute Gasteiger partial charge is 2.00 e. The van der Waals surface area contributed by atoms with Crippen LogP contribution in [0.4, 0.5) is 0 Å². The molecule has 0 rings (SSSR count). The average molecular weight is 911 g/mol. The first kappa shape index (κ1) is 44.2. The Morgan fingerprint density at radius 3 is 0.364 bits per heavy atom. The average Bonchev–Trinajstić information content (AvgIpc) is 1.94. The Hall–Kier alpha value is 2.53. The van der Waals surface area contributed by atoms with Gasteiger partial charge in [0.15, 0.2) is 0 Å². The summed E-state index contributed by atoms with van der Waals surface area (Å²) in [5.74, 6) is 0. The molecule has 0 aromatic carbocycles. The number of rotatable bonds is 0. The molecular weight excluding hydrogens is 911 g/mol. The summed E-state index contributed by atoms with van der Waals surface area (Å²) < 4.78 is 128. The summed E-state index contributed by atoms with van der Waals surface area (Å²) >= 11 is -19.7. The van der Waals surface area contributed by atoms with Crippen molar-refractivity contribution in [2.45, 2.75) is 0 Å². The molecule has 0 saturated heterocycles. The monoisotopic (exact) mass is 912 g/mol. The molecule has 0 aliphatic heterocycles. The number of hydrogen-bond acceptors (Lipinski definition) is 15. The fourth-order valence-electron chi connectivity index (χ4n) is 0. The van der Waals surface area contributed by atoms with Crippen LogP contribution >= 0.6 is 0 Å². The predicted molar refractivity (Wildman–Crippen MR) is 18.4 cm³/mol. The second kappa shape index (κ2) is 38.9. The molecule has 0 aliphatic carbocycles. The van der Waals surface area contributed by atoms with Crippen LogP contribution in [-0.2, 0) is 114 Å². The van der Waals surface area contributed by atoms with E-state index in [1.54, 1.807) is 0 Å². The van der Waals surface area contributed by atoms with E-state index in [2.05, 4.69) is 0 Å². The van der Waals surface area contributed by atoms with E-state index in [1.807, 2.05) is 0 Å². The van der Waals surface area contributed by atoms with Crippen LogP contribution in [0.2, 0.25) is 0 Å². The van der Waals surface area contributed by atoms with Crippen LogP contribution in [0.25, 0.3) is 0 Å². The van der Waals surface area contributed by atoms with Gasteiger partial charge in [0.2, 0.25) is 0 Å². The molecule has 0 aromatic heterocycles. The van der Waals surface area contributed by atoms with Crippen LogP contribution in [0, 0.1) is 0 Å². The Morgan fingerprint density at radius 2 is 0.364 bits per heavy atom. The van der Waals surface area contributed by atoms with Crippen LogP contribution in [0.3, 0.4) is 0 Å². The van der Waals surface area contributed by atoms with E-state index < -0.39 is 77.0 Å². The molecule has 124 valence electrons. The van der Waals surface area contributed by atoms with Gasteiger partial charge in [-0.05, 0) is 0 Å². The fourth-order valence-corrected chi connectivity index (χ4v) is 0. The molecule has 4 radical (unpaired) electrons. The van der Waals surface area contributed by atoms with Crippen LogP contribution in [0.1, 0.15) is 0 Å². The molecule has 0 atom stereocenters. The van der Waals surface area contributed by atoms with Gasteiger partial charge in [0.25, 0.3) is 0 Å². The maximum atomic E-state index is 8.56. The smallest absolute Gasteiger partial charge is 2.00 e. The maximum Gasteiger partial charge on any atom is 2.00 e. The molecule has 22 heavy (non-hydrogen) atoms. The molecular formula is BiO15PbV5. The molecule has 0 bridgehead atoms. The summed E-state index contributed by atoms with van der Waals surface area (Å²) in [5.41, 5.74) is 0. The first-order valence-corrected chi connectivity index (χ1v) is 11.3. The van der Waals surface area contributed by atoms with Crippen molar-refractivity contribution in [2.75, 3.05) is 0 Å². The molecule has 0 aromatic rings. The van der Waals surface area contributed by atoms with Gasteiger partial charge in [0.1, 0.15) is 0 Å². The molecule has 0 aliphatic rings. The SMILES string of the molecule is [Bi+3].[O]=[V](=[O])[O-].[O]=[V](=[O])[O-].[O]=[V](=[O])[O-].[O]=[V](=[O])[O-].[O]=[V](=[O])[O-].[Pb+2]. The standard InChI is InChI=1S/Bi.15O.Pb.5V/q+3;;;;;;;;;;;5*-1;+2;;;;;. The summed E-state index contributed by atoms with van der Waals surface area (Å²) in [7, 11) is 0. The van der Waals surface area contributed by atoms with Crippen molar-refractivity contribution in [3.05, 3.63) is 0 Å². The topological polar surface area (TPSA) is 286 Å². The molecule has 0 N–H and O–H groups in total. The van der Waals surface area contributed by atoms with Crippen molar-refractivity contribution in [1.29, 1.82) is 0 Å². The van der Waals surface area contributed by atoms with Crippen LogP contribution in [-0.4, -0.2) is 53.5 Å². The molecule has 0 saturated carbocycles. The van der Waals surface area contributed by atoms with Gasteiger partial charge in [-0.15, -0.1) is 0 Å². The molecule has 0 fully saturated rings. The first-order chi connectivity index (χ1) is 8.66. The molecule has 22 heteroatoms. The van der Waals surface area contributed by atoms with Crippen LogP contribution in [0.15, 0.2) is 0 Å². The molecule has 0 amide bonds. The number of hydrogen-bond donors (Lipinski definition) is 0. The summed E-state index contributed by atoms with van der Waals surface area (Å²) in [4.78, 5) is 0. The minimum atomic E-state index is -3.94. The molecule has 0 unspecified atom stereocenters. The van der Waals surface area contributed by atoms with Gasteiger partial charge in [-0.2, -0.15) is 0 Å². The summed E-state index contributed by atoms with van der Waals surface area (Å²) in [6.45, 7) is 0. The minimum Gasteiger partial charge on any atom is 2.00 e. The van der Waals surface area contributed by atoms with Crippen LogP contribution in [0.5, 0.6) is 0 Å². The van der Waals surface area contributed by atoms with Gasteiger partial charge < -0.3 is 0 Å². The van der Waals surface area contributed by atoms with E-state index >= 15 is 0 Å². The fraction of sp³-hybridized carbons (Fsp3) is 0. The van der Waals surface area contributed by atoms with Crippen molar-refractivity contribution in [2.24, 2.45) is 0 Å². The van der Waals surface area contributed by atoms with E-state index in [1.165, 1.54) is 0 Å². The van der Waals surface area contributed by atoms with E-state index in [-0.39, 0.29) is 53.5 Å². The Labute approximate surface area is 184 Å². The Balaban J connectivity index is -0.0000000250. The first-order valence-electron chi connectivity index (χ1n) is 2.74. The van der Waals surface area contributed by atoms with Crippen molar-refractivity contribution in [3.8, 4) is 0 Å². The molecule has 0 heterocycles. The van der Waals surface area contributed by atoms with Crippen molar-refractivity contribution in [1.82, 2.24) is 0 Å². The summed E-state index contributed by atoms with van der Waals surface area (Å²) in [6.07, 6.45) is 0. The zero-order chi connectivity index (χ0) is 17.9. The normalized spacial score (nSPS) is 5.68. The second-order valence-electron chi connectivity index (χ2n) is 1.12. The Morgan fingerprint density at radius 1 is 0.364 bits per heavy atom. The molecule has 15 nitrogen and oxygen atoms in total. The van der Waals surface area contributed by atoms with Gasteiger partial charge in [0, 0.05) is 0 Å². The quantitative estimate of drug-likeness (QED) is 0.204. The van der Waals surface area contributed by atoms with Crippen molar-refractivity contribution < 1.29 is 134 Å². The summed E-state index contributed by atoms with van der Waals surface area (Å²) in [6, 6.07) is 0. The predicted octanol–water partition coefficient (Wildman–Crippen LogP) is -7.91. The zero-order valence-corrected chi connectivity index (χ0v) is 23.7. The van der Waals surface area contributed by atoms with E-state index in [0.717, 1.165) is 0 Å². The third-order valence-electron chi connectivity index (χ3n) is 0. The van der Waals surface area contributed by atoms with E-state index in [4.69, 9.17) is 56.9 Å². The van der Waals surface area contributed by atoms with Gasteiger partial charge in [-0.1, -0.05) is 0 Å². The Bertz CT molecular complexity index is 386. The Kier molecular flexibility index (Phi) is 78.1. The third kappa shape index (κ3) is 1630. The second-order valence-corrected chi connectivity index (χ2v) is 4.61. The minimum absolute atomic E-state index is 0. The summed E-state index contributed by atoms with van der Waals surface area (Å²) in [5, 5.41) is 0. The van der Waals surface area contributed by atoms with Crippen molar-refractivity contribution >= 4 is 53.5 Å². The van der Waals surface area contributed by atoms with E-state index in [0.29, 0.717) is 0 Å². The third-order valence-corrected chi connectivity index (χ3v) is 0. The molecule has 0 spiro atoms. The zero-order valence-electron chi connectivity index (χ0n) is 9.31.